The van der Waals surface area contributed by atoms with Gasteiger partial charge in [-0.15, -0.1) is 0 Å². The zero-order chi connectivity index (χ0) is 10.8. The highest BCUT2D eigenvalue weighted by molar-refractivity contribution is 5.21. The molecule has 0 aliphatic heterocycles. The Morgan fingerprint density at radius 3 is 2.43 bits per heavy atom. The molecule has 2 nitrogen and oxygen atoms in total. The molecule has 0 fully saturated rings. The predicted octanol–water partition coefficient (Wildman–Crippen LogP) is 2.73. The molecule has 0 spiro atoms. The van der Waals surface area contributed by atoms with Gasteiger partial charge in [0.1, 0.15) is 0 Å². The maximum atomic E-state index is 12.1. The van der Waals surface area contributed by atoms with Crippen LogP contribution in [0.1, 0.15) is 24.1 Å². The summed E-state index contributed by atoms with van der Waals surface area (Å²) >= 11 is 0. The van der Waals surface area contributed by atoms with Crippen LogP contribution in [0, 0.1) is 11.3 Å². The number of aromatic nitrogens is 1. The zero-order valence-electron chi connectivity index (χ0n) is 7.34. The van der Waals surface area contributed by atoms with Gasteiger partial charge in [-0.2, -0.15) is 18.4 Å². The third-order valence-corrected chi connectivity index (χ3v) is 1.75. The molecule has 1 rings (SSSR count). The van der Waals surface area contributed by atoms with Gasteiger partial charge in [-0.1, -0.05) is 0 Å². The minimum Gasteiger partial charge on any atom is -0.259 e. The van der Waals surface area contributed by atoms with Crippen molar-refractivity contribution in [2.75, 3.05) is 0 Å². The lowest BCUT2D eigenvalue weighted by atomic mass is 10.1. The highest BCUT2D eigenvalue weighted by Gasteiger charge is 2.30. The topological polar surface area (TPSA) is 36.7 Å². The first-order valence-electron chi connectivity index (χ1n) is 3.88. The van der Waals surface area contributed by atoms with Gasteiger partial charge in [0.15, 0.2) is 0 Å². The molecule has 0 aromatic carbocycles. The highest BCUT2D eigenvalue weighted by atomic mass is 19.4. The van der Waals surface area contributed by atoms with Crippen molar-refractivity contribution in [2.45, 2.75) is 19.0 Å². The van der Waals surface area contributed by atoms with Gasteiger partial charge in [-0.25, -0.2) is 0 Å². The summed E-state index contributed by atoms with van der Waals surface area (Å²) in [5.74, 6) is -0.489. The number of halogens is 3. The Labute approximate surface area is 79.0 Å². The lowest BCUT2D eigenvalue weighted by molar-refractivity contribution is -0.137. The number of hydrogen-bond acceptors (Lipinski definition) is 2. The fourth-order valence-electron chi connectivity index (χ4n) is 0.895. The summed E-state index contributed by atoms with van der Waals surface area (Å²) in [5.41, 5.74) is -0.452. The molecule has 1 heterocycles. The van der Waals surface area contributed by atoms with E-state index < -0.39 is 17.7 Å². The molecule has 1 atom stereocenters. The average Bonchev–Trinajstić information content (AvgIpc) is 2.15. The minimum atomic E-state index is -4.37. The third kappa shape index (κ3) is 2.22. The van der Waals surface area contributed by atoms with Crippen molar-refractivity contribution in [3.05, 3.63) is 29.6 Å². The maximum absolute atomic E-state index is 12.1. The second-order valence-electron chi connectivity index (χ2n) is 2.82. The van der Waals surface area contributed by atoms with Crippen LogP contribution in [0.3, 0.4) is 0 Å². The Hall–Kier alpha value is -1.57. The molecule has 0 saturated carbocycles. The molecule has 1 unspecified atom stereocenters. The molecule has 14 heavy (non-hydrogen) atoms. The Bertz CT molecular complexity index is 348. The molecule has 0 aliphatic rings. The fraction of sp³-hybridized carbons (Fsp3) is 0.333. The first-order chi connectivity index (χ1) is 6.45. The minimum absolute atomic E-state index is 0.348. The molecule has 0 bridgehead atoms. The summed E-state index contributed by atoms with van der Waals surface area (Å²) in [7, 11) is 0. The quantitative estimate of drug-likeness (QED) is 0.698. The van der Waals surface area contributed by atoms with Gasteiger partial charge >= 0.3 is 6.18 Å². The van der Waals surface area contributed by atoms with Crippen LogP contribution < -0.4 is 0 Å². The van der Waals surface area contributed by atoms with Crippen LogP contribution in [0.2, 0.25) is 0 Å². The van der Waals surface area contributed by atoms with E-state index in [0.717, 1.165) is 12.3 Å². The van der Waals surface area contributed by atoms with Crippen LogP contribution in [0.5, 0.6) is 0 Å². The van der Waals surface area contributed by atoms with Crippen LogP contribution >= 0.6 is 0 Å². The smallest absolute Gasteiger partial charge is 0.259 e. The van der Waals surface area contributed by atoms with Crippen molar-refractivity contribution in [3.63, 3.8) is 0 Å². The first kappa shape index (κ1) is 10.5. The summed E-state index contributed by atoms with van der Waals surface area (Å²) in [4.78, 5) is 3.57. The molecule has 0 radical (unpaired) electrons. The molecule has 0 aliphatic carbocycles. The van der Waals surface area contributed by atoms with Gasteiger partial charge in [-0.05, 0) is 19.1 Å². The van der Waals surface area contributed by atoms with Crippen LogP contribution in [-0.4, -0.2) is 4.98 Å². The van der Waals surface area contributed by atoms with Crippen molar-refractivity contribution in [3.8, 4) is 6.07 Å². The van der Waals surface area contributed by atoms with E-state index in [0.29, 0.717) is 5.69 Å². The molecule has 0 amide bonds. The summed E-state index contributed by atoms with van der Waals surface area (Å²) in [6, 6.07) is 4.04. The standard InChI is InChI=1S/C9H7F3N2/c1-6(4-13)8-3-2-7(5-14-8)9(10,11)12/h2-3,5-6H,1H3. The molecule has 74 valence electrons. The average molecular weight is 200 g/mol. The largest absolute Gasteiger partial charge is 0.417 e. The second kappa shape index (κ2) is 3.66. The SMILES string of the molecule is CC(C#N)c1ccc(C(F)(F)F)cn1. The molecule has 5 heteroatoms. The zero-order valence-corrected chi connectivity index (χ0v) is 7.34. The monoisotopic (exact) mass is 200 g/mol. The Balaban J connectivity index is 2.96. The number of nitriles is 1. The predicted molar refractivity (Wildman–Crippen MR) is 43.3 cm³/mol. The van der Waals surface area contributed by atoms with Crippen molar-refractivity contribution >= 4 is 0 Å². The van der Waals surface area contributed by atoms with Crippen molar-refractivity contribution in [1.82, 2.24) is 4.98 Å². The summed E-state index contributed by atoms with van der Waals surface area (Å²) in [6.07, 6.45) is -3.63. The molecule has 0 saturated heterocycles. The molecular weight excluding hydrogens is 193 g/mol. The first-order valence-corrected chi connectivity index (χ1v) is 3.88. The normalized spacial score (nSPS) is 13.4. The van der Waals surface area contributed by atoms with Crippen molar-refractivity contribution in [2.24, 2.45) is 0 Å². The van der Waals surface area contributed by atoms with Gasteiger partial charge in [-0.3, -0.25) is 4.98 Å². The van der Waals surface area contributed by atoms with Gasteiger partial charge in [0, 0.05) is 6.20 Å². The maximum Gasteiger partial charge on any atom is 0.417 e. The van der Waals surface area contributed by atoms with Gasteiger partial charge in [0.2, 0.25) is 0 Å². The van der Waals surface area contributed by atoms with E-state index in [2.05, 4.69) is 4.98 Å². The fourth-order valence-corrected chi connectivity index (χ4v) is 0.895. The van der Waals surface area contributed by atoms with Crippen LogP contribution in [0.15, 0.2) is 18.3 Å². The molecular formula is C9H7F3N2. The van der Waals surface area contributed by atoms with E-state index >= 15 is 0 Å². The highest BCUT2D eigenvalue weighted by Crippen LogP contribution is 2.28. The second-order valence-corrected chi connectivity index (χ2v) is 2.82. The van der Waals surface area contributed by atoms with Gasteiger partial charge < -0.3 is 0 Å². The van der Waals surface area contributed by atoms with Crippen molar-refractivity contribution in [1.29, 1.82) is 5.26 Å². The third-order valence-electron chi connectivity index (χ3n) is 1.75. The Kier molecular flexibility index (Phi) is 2.75. The van der Waals surface area contributed by atoms with Crippen LogP contribution in [0.4, 0.5) is 13.2 Å². The number of pyridine rings is 1. The van der Waals surface area contributed by atoms with E-state index in [1.54, 1.807) is 6.92 Å². The molecule has 1 aromatic rings. The van der Waals surface area contributed by atoms with E-state index in [4.69, 9.17) is 5.26 Å². The lowest BCUT2D eigenvalue weighted by Gasteiger charge is -2.07. The van der Waals surface area contributed by atoms with Crippen LogP contribution in [-0.2, 0) is 6.18 Å². The summed E-state index contributed by atoms with van der Waals surface area (Å²) in [6.45, 7) is 1.58. The summed E-state index contributed by atoms with van der Waals surface area (Å²) < 4.78 is 36.3. The molecule has 0 N–H and O–H groups in total. The lowest BCUT2D eigenvalue weighted by Crippen LogP contribution is -2.06. The van der Waals surface area contributed by atoms with Gasteiger partial charge in [0.05, 0.1) is 23.2 Å². The van der Waals surface area contributed by atoms with Gasteiger partial charge in [0.25, 0.3) is 0 Å². The van der Waals surface area contributed by atoms with Crippen molar-refractivity contribution < 1.29 is 13.2 Å². The molecule has 1 aromatic heterocycles. The van der Waals surface area contributed by atoms with Crippen LogP contribution in [0.25, 0.3) is 0 Å². The number of nitrogens with zero attached hydrogens (tertiary/aromatic N) is 2. The van der Waals surface area contributed by atoms with E-state index in [-0.39, 0.29) is 0 Å². The van der Waals surface area contributed by atoms with E-state index in [9.17, 15) is 13.2 Å². The van der Waals surface area contributed by atoms with E-state index in [1.807, 2.05) is 6.07 Å². The number of alkyl halides is 3. The Morgan fingerprint density at radius 2 is 2.07 bits per heavy atom. The summed E-state index contributed by atoms with van der Waals surface area (Å²) in [5, 5.41) is 8.51. The number of hydrogen-bond donors (Lipinski definition) is 0. The Morgan fingerprint density at radius 1 is 1.43 bits per heavy atom. The van der Waals surface area contributed by atoms with E-state index in [1.165, 1.54) is 6.07 Å². The number of rotatable bonds is 1.